The second-order valence-electron chi connectivity index (χ2n) is 14.4. The largest absolute Gasteiger partial charge is 0.265 e. The molecule has 6 nitrogen and oxygen atoms in total. The number of hydrogen-bond donors (Lipinski definition) is 0. The highest BCUT2D eigenvalue weighted by molar-refractivity contribution is 6.25. The Balaban J connectivity index is 0.993. The molecular weight excluding hydrogens is 709 g/mol. The molecule has 11 rings (SSSR count). The smallest absolute Gasteiger partial charge is 0.165 e. The maximum absolute atomic E-state index is 5.33. The van der Waals surface area contributed by atoms with Crippen LogP contribution in [0.4, 0.5) is 0 Å². The fraction of sp³-hybridized carbons (Fsp3) is 0. The Bertz CT molecular complexity index is 3250. The quantitative estimate of drug-likeness (QED) is 0.158. The van der Waals surface area contributed by atoms with Crippen molar-refractivity contribution in [1.29, 1.82) is 0 Å². The number of para-hydroxylation sites is 1. The fourth-order valence-electron chi connectivity index (χ4n) is 8.02. The van der Waals surface area contributed by atoms with E-state index in [1.807, 2.05) is 24.3 Å². The zero-order valence-electron chi connectivity index (χ0n) is 31.2. The van der Waals surface area contributed by atoms with Gasteiger partial charge in [0.25, 0.3) is 0 Å². The summed E-state index contributed by atoms with van der Waals surface area (Å²) in [4.78, 5) is 28.3. The SMILES string of the molecule is c1cncc(-c2nc(-c3ccncc3)nc(-c3ccc(-c4ccc(-c5cc6c(-c7ccc8ccccc8c7)nc7ccccc7c6c6ccccc56)cc4)cc3)n2)c1. The molecule has 4 aromatic heterocycles. The summed E-state index contributed by atoms with van der Waals surface area (Å²) in [6, 6.07) is 59.7. The summed E-state index contributed by atoms with van der Waals surface area (Å²) in [7, 11) is 0. The third-order valence-electron chi connectivity index (χ3n) is 10.9. The summed E-state index contributed by atoms with van der Waals surface area (Å²) in [5, 5.41) is 8.36. The van der Waals surface area contributed by atoms with E-state index in [1.165, 1.54) is 32.5 Å². The van der Waals surface area contributed by atoms with Crippen LogP contribution in [0.1, 0.15) is 0 Å². The summed E-state index contributed by atoms with van der Waals surface area (Å²) in [6.07, 6.45) is 7.00. The average Bonchev–Trinajstić information content (AvgIpc) is 3.31. The van der Waals surface area contributed by atoms with Crippen LogP contribution in [0.3, 0.4) is 0 Å². The zero-order valence-corrected chi connectivity index (χ0v) is 31.2. The standard InChI is InChI=1S/C52H32N6/c1-2-9-39-30-40(24-19-33(39)8-1)49-46-31-45(42-11-3-4-12-43(42)48(46)44-13-5-6-14-47(44)55-49)36-20-15-34(16-21-36)35-17-22-37(23-18-35)50-56-51(38-25-28-53-29-26-38)58-52(57-50)41-10-7-27-54-32-41/h1-32H. The molecular formula is C52H32N6. The van der Waals surface area contributed by atoms with Crippen molar-refractivity contribution in [1.82, 2.24) is 29.9 Å². The number of aromatic nitrogens is 6. The van der Waals surface area contributed by atoms with Crippen molar-refractivity contribution in [3.63, 3.8) is 0 Å². The summed E-state index contributed by atoms with van der Waals surface area (Å²) < 4.78 is 0. The first-order chi connectivity index (χ1) is 28.7. The van der Waals surface area contributed by atoms with E-state index in [1.54, 1.807) is 24.8 Å². The van der Waals surface area contributed by atoms with Crippen molar-refractivity contribution in [3.05, 3.63) is 195 Å². The first-order valence-electron chi connectivity index (χ1n) is 19.2. The predicted octanol–water partition coefficient (Wildman–Crippen LogP) is 12.7. The van der Waals surface area contributed by atoms with Crippen molar-refractivity contribution < 1.29 is 0 Å². The van der Waals surface area contributed by atoms with Gasteiger partial charge >= 0.3 is 0 Å². The van der Waals surface area contributed by atoms with E-state index < -0.39 is 0 Å². The molecule has 0 amide bonds. The Kier molecular flexibility index (Phi) is 8.04. The number of nitrogens with zero attached hydrogens (tertiary/aromatic N) is 6. The highest BCUT2D eigenvalue weighted by Crippen LogP contribution is 2.42. The summed E-state index contributed by atoms with van der Waals surface area (Å²) >= 11 is 0. The van der Waals surface area contributed by atoms with E-state index in [0.717, 1.165) is 60.9 Å². The van der Waals surface area contributed by atoms with Crippen molar-refractivity contribution >= 4 is 43.2 Å². The Morgan fingerprint density at radius 1 is 0.310 bits per heavy atom. The van der Waals surface area contributed by atoms with Crippen LogP contribution in [-0.2, 0) is 0 Å². The summed E-state index contributed by atoms with van der Waals surface area (Å²) in [6.45, 7) is 0. The Morgan fingerprint density at radius 2 is 0.897 bits per heavy atom. The normalized spacial score (nSPS) is 11.4. The van der Waals surface area contributed by atoms with E-state index >= 15 is 0 Å². The average molecular weight is 741 g/mol. The third kappa shape index (κ3) is 5.92. The second-order valence-corrected chi connectivity index (χ2v) is 14.4. The molecule has 0 unspecified atom stereocenters. The molecule has 58 heavy (non-hydrogen) atoms. The van der Waals surface area contributed by atoms with Crippen molar-refractivity contribution in [2.24, 2.45) is 0 Å². The van der Waals surface area contributed by atoms with E-state index in [0.29, 0.717) is 17.5 Å². The van der Waals surface area contributed by atoms with Gasteiger partial charge in [0.2, 0.25) is 0 Å². The van der Waals surface area contributed by atoms with Gasteiger partial charge in [0.1, 0.15) is 0 Å². The number of pyridine rings is 3. The van der Waals surface area contributed by atoms with E-state index in [-0.39, 0.29) is 0 Å². The topological polar surface area (TPSA) is 77.3 Å². The molecule has 6 heteroatoms. The minimum Gasteiger partial charge on any atom is -0.265 e. The Morgan fingerprint density at radius 3 is 1.62 bits per heavy atom. The van der Waals surface area contributed by atoms with Crippen LogP contribution in [0.5, 0.6) is 0 Å². The van der Waals surface area contributed by atoms with Crippen LogP contribution in [0, 0.1) is 0 Å². The van der Waals surface area contributed by atoms with Gasteiger partial charge in [-0.15, -0.1) is 0 Å². The molecule has 0 aliphatic heterocycles. The van der Waals surface area contributed by atoms with E-state index in [2.05, 4.69) is 156 Å². The van der Waals surface area contributed by atoms with Gasteiger partial charge in [0, 0.05) is 63.2 Å². The first kappa shape index (κ1) is 33.4. The number of fused-ring (bicyclic) bond motifs is 6. The first-order valence-corrected chi connectivity index (χ1v) is 19.2. The number of rotatable bonds is 6. The van der Waals surface area contributed by atoms with Gasteiger partial charge in [0.15, 0.2) is 17.5 Å². The molecule has 0 aliphatic carbocycles. The molecule has 0 saturated carbocycles. The lowest BCUT2D eigenvalue weighted by Crippen LogP contribution is -2.00. The maximum Gasteiger partial charge on any atom is 0.165 e. The molecule has 7 aromatic carbocycles. The third-order valence-corrected chi connectivity index (χ3v) is 10.9. The summed E-state index contributed by atoms with van der Waals surface area (Å²) in [5.74, 6) is 1.75. The van der Waals surface area contributed by atoms with Gasteiger partial charge in [-0.25, -0.2) is 19.9 Å². The Labute approximate surface area is 334 Å². The molecule has 0 spiro atoms. The van der Waals surface area contributed by atoms with Crippen LogP contribution in [-0.4, -0.2) is 29.9 Å². The van der Waals surface area contributed by atoms with Gasteiger partial charge in [0.05, 0.1) is 11.2 Å². The zero-order chi connectivity index (χ0) is 38.4. The molecule has 0 fully saturated rings. The van der Waals surface area contributed by atoms with Gasteiger partial charge < -0.3 is 0 Å². The second kappa shape index (κ2) is 14.0. The molecule has 0 radical (unpaired) electrons. The molecule has 4 heterocycles. The molecule has 0 atom stereocenters. The lowest BCUT2D eigenvalue weighted by molar-refractivity contribution is 1.07. The summed E-state index contributed by atoms with van der Waals surface area (Å²) in [5.41, 5.74) is 10.2. The van der Waals surface area contributed by atoms with E-state index in [9.17, 15) is 0 Å². The van der Waals surface area contributed by atoms with Gasteiger partial charge in [-0.1, -0.05) is 127 Å². The maximum atomic E-state index is 5.33. The lowest BCUT2D eigenvalue weighted by atomic mass is 9.89. The van der Waals surface area contributed by atoms with Crippen molar-refractivity contribution in [2.75, 3.05) is 0 Å². The highest BCUT2D eigenvalue weighted by Gasteiger charge is 2.18. The van der Waals surface area contributed by atoms with Crippen LogP contribution in [0.25, 0.3) is 111 Å². The van der Waals surface area contributed by atoms with Crippen LogP contribution >= 0.6 is 0 Å². The predicted molar refractivity (Wildman–Crippen MR) is 236 cm³/mol. The van der Waals surface area contributed by atoms with Crippen LogP contribution < -0.4 is 0 Å². The number of benzene rings is 7. The minimum atomic E-state index is 0.569. The highest BCUT2D eigenvalue weighted by atomic mass is 15.0. The number of hydrogen-bond acceptors (Lipinski definition) is 6. The van der Waals surface area contributed by atoms with E-state index in [4.69, 9.17) is 19.9 Å². The minimum absolute atomic E-state index is 0.569. The van der Waals surface area contributed by atoms with Gasteiger partial charge in [-0.05, 0) is 86.3 Å². The molecule has 0 aliphatic rings. The van der Waals surface area contributed by atoms with Crippen molar-refractivity contribution in [2.45, 2.75) is 0 Å². The molecule has 0 N–H and O–H groups in total. The van der Waals surface area contributed by atoms with Gasteiger partial charge in [-0.3, -0.25) is 9.97 Å². The Hall–Kier alpha value is -7.96. The lowest BCUT2D eigenvalue weighted by Gasteiger charge is -2.16. The molecule has 0 bridgehead atoms. The van der Waals surface area contributed by atoms with Crippen LogP contribution in [0.15, 0.2) is 195 Å². The van der Waals surface area contributed by atoms with Crippen molar-refractivity contribution in [3.8, 4) is 67.7 Å². The molecule has 270 valence electrons. The van der Waals surface area contributed by atoms with Crippen LogP contribution in [0.2, 0.25) is 0 Å². The fourth-order valence-corrected chi connectivity index (χ4v) is 8.02. The monoisotopic (exact) mass is 740 g/mol. The molecule has 11 aromatic rings. The van der Waals surface area contributed by atoms with Gasteiger partial charge in [-0.2, -0.15) is 0 Å². The molecule has 0 saturated heterocycles.